The SMILES string of the molecule is CN(CC1CCC1)c1nc(C(=O)O)cc2ccccc12. The molecular formula is C16H18N2O2. The molecule has 0 spiro atoms. The summed E-state index contributed by atoms with van der Waals surface area (Å²) in [4.78, 5) is 17.7. The molecule has 1 heterocycles. The molecule has 1 aliphatic rings. The highest BCUT2D eigenvalue weighted by molar-refractivity contribution is 5.97. The number of aromatic nitrogens is 1. The smallest absolute Gasteiger partial charge is 0.354 e. The number of rotatable bonds is 4. The van der Waals surface area contributed by atoms with Crippen LogP contribution in [0, 0.1) is 5.92 Å². The summed E-state index contributed by atoms with van der Waals surface area (Å²) in [5, 5.41) is 11.1. The molecule has 0 atom stereocenters. The van der Waals surface area contributed by atoms with Crippen LogP contribution in [0.3, 0.4) is 0 Å². The summed E-state index contributed by atoms with van der Waals surface area (Å²) in [6.45, 7) is 0.945. The van der Waals surface area contributed by atoms with Crippen LogP contribution in [0.1, 0.15) is 29.8 Å². The van der Waals surface area contributed by atoms with Gasteiger partial charge in [-0.05, 0) is 30.2 Å². The summed E-state index contributed by atoms with van der Waals surface area (Å²) < 4.78 is 0. The third-order valence-corrected chi connectivity index (χ3v) is 4.06. The molecule has 20 heavy (non-hydrogen) atoms. The molecule has 0 amide bonds. The number of fused-ring (bicyclic) bond motifs is 1. The van der Waals surface area contributed by atoms with Gasteiger partial charge in [0.15, 0.2) is 5.69 Å². The number of pyridine rings is 1. The van der Waals surface area contributed by atoms with Crippen molar-refractivity contribution in [3.63, 3.8) is 0 Å². The van der Waals surface area contributed by atoms with Crippen molar-refractivity contribution < 1.29 is 9.90 Å². The molecule has 1 fully saturated rings. The monoisotopic (exact) mass is 270 g/mol. The molecule has 1 aromatic heterocycles. The van der Waals surface area contributed by atoms with E-state index in [4.69, 9.17) is 0 Å². The minimum Gasteiger partial charge on any atom is -0.477 e. The lowest BCUT2D eigenvalue weighted by Crippen LogP contribution is -2.30. The van der Waals surface area contributed by atoms with E-state index in [-0.39, 0.29) is 5.69 Å². The quantitative estimate of drug-likeness (QED) is 0.927. The third-order valence-electron chi connectivity index (χ3n) is 4.06. The number of hydrogen-bond donors (Lipinski definition) is 1. The number of carboxylic acid groups (broad SMARTS) is 1. The summed E-state index contributed by atoms with van der Waals surface area (Å²) >= 11 is 0. The average Bonchev–Trinajstić information content (AvgIpc) is 2.41. The Bertz CT molecular complexity index is 650. The Kier molecular flexibility index (Phi) is 3.30. The van der Waals surface area contributed by atoms with Crippen LogP contribution < -0.4 is 4.90 Å². The lowest BCUT2D eigenvalue weighted by atomic mass is 9.85. The van der Waals surface area contributed by atoms with E-state index >= 15 is 0 Å². The molecule has 0 unspecified atom stereocenters. The predicted octanol–water partition coefficient (Wildman–Crippen LogP) is 3.17. The summed E-state index contributed by atoms with van der Waals surface area (Å²) in [6.07, 6.45) is 3.84. The Morgan fingerprint density at radius 1 is 1.40 bits per heavy atom. The van der Waals surface area contributed by atoms with Crippen molar-refractivity contribution in [3.8, 4) is 0 Å². The van der Waals surface area contributed by atoms with E-state index < -0.39 is 5.97 Å². The number of carbonyl (C=O) groups is 1. The van der Waals surface area contributed by atoms with E-state index in [0.717, 1.165) is 23.1 Å². The second-order valence-electron chi connectivity index (χ2n) is 5.53. The van der Waals surface area contributed by atoms with Crippen molar-refractivity contribution >= 4 is 22.6 Å². The Morgan fingerprint density at radius 3 is 2.80 bits per heavy atom. The Labute approximate surface area is 118 Å². The zero-order chi connectivity index (χ0) is 14.1. The summed E-state index contributed by atoms with van der Waals surface area (Å²) in [6, 6.07) is 9.46. The van der Waals surface area contributed by atoms with Gasteiger partial charge >= 0.3 is 5.97 Å². The number of carboxylic acids is 1. The first-order valence-corrected chi connectivity index (χ1v) is 6.99. The van der Waals surface area contributed by atoms with E-state index in [0.29, 0.717) is 5.92 Å². The van der Waals surface area contributed by atoms with Crippen molar-refractivity contribution in [2.24, 2.45) is 5.92 Å². The number of aromatic carboxylic acids is 1. The molecule has 104 valence electrons. The van der Waals surface area contributed by atoms with Crippen LogP contribution in [0.5, 0.6) is 0 Å². The minimum atomic E-state index is -0.978. The second-order valence-corrected chi connectivity index (χ2v) is 5.53. The first-order valence-electron chi connectivity index (χ1n) is 6.99. The molecule has 0 bridgehead atoms. The average molecular weight is 270 g/mol. The topological polar surface area (TPSA) is 53.4 Å². The number of nitrogens with zero attached hydrogens (tertiary/aromatic N) is 2. The first-order chi connectivity index (χ1) is 9.65. The fraction of sp³-hybridized carbons (Fsp3) is 0.375. The van der Waals surface area contributed by atoms with Gasteiger partial charge in [-0.15, -0.1) is 0 Å². The highest BCUT2D eigenvalue weighted by atomic mass is 16.4. The number of anilines is 1. The second kappa shape index (κ2) is 5.12. The largest absolute Gasteiger partial charge is 0.477 e. The minimum absolute atomic E-state index is 0.110. The van der Waals surface area contributed by atoms with E-state index in [1.807, 2.05) is 31.3 Å². The fourth-order valence-electron chi connectivity index (χ4n) is 2.73. The van der Waals surface area contributed by atoms with Gasteiger partial charge in [0.25, 0.3) is 0 Å². The van der Waals surface area contributed by atoms with Gasteiger partial charge in [0.2, 0.25) is 0 Å². The summed E-state index contributed by atoms with van der Waals surface area (Å²) in [5.41, 5.74) is 0.110. The molecule has 1 aliphatic carbocycles. The molecule has 1 N–H and O–H groups in total. The molecule has 1 saturated carbocycles. The molecule has 1 aromatic carbocycles. The van der Waals surface area contributed by atoms with Gasteiger partial charge in [0, 0.05) is 19.0 Å². The number of hydrogen-bond acceptors (Lipinski definition) is 3. The molecule has 3 rings (SSSR count). The molecule has 4 nitrogen and oxygen atoms in total. The summed E-state index contributed by atoms with van der Waals surface area (Å²) in [7, 11) is 2.00. The van der Waals surface area contributed by atoms with E-state index in [1.165, 1.54) is 19.3 Å². The van der Waals surface area contributed by atoms with Gasteiger partial charge in [-0.1, -0.05) is 30.7 Å². The van der Waals surface area contributed by atoms with Crippen molar-refractivity contribution in [2.75, 3.05) is 18.5 Å². The van der Waals surface area contributed by atoms with Gasteiger partial charge in [0.05, 0.1) is 0 Å². The van der Waals surface area contributed by atoms with Crippen LogP contribution >= 0.6 is 0 Å². The fourth-order valence-corrected chi connectivity index (χ4v) is 2.73. The molecule has 0 aliphatic heterocycles. The van der Waals surface area contributed by atoms with Crippen molar-refractivity contribution in [1.82, 2.24) is 4.98 Å². The van der Waals surface area contributed by atoms with E-state index in [1.54, 1.807) is 6.07 Å². The maximum atomic E-state index is 11.2. The van der Waals surface area contributed by atoms with Crippen LogP contribution in [-0.2, 0) is 0 Å². The molecule has 2 aromatic rings. The van der Waals surface area contributed by atoms with Crippen LogP contribution in [0.25, 0.3) is 10.8 Å². The maximum Gasteiger partial charge on any atom is 0.354 e. The molecule has 0 radical (unpaired) electrons. The summed E-state index contributed by atoms with van der Waals surface area (Å²) in [5.74, 6) is 0.510. The third kappa shape index (κ3) is 2.33. The van der Waals surface area contributed by atoms with Gasteiger partial charge in [-0.3, -0.25) is 0 Å². The number of benzene rings is 1. The van der Waals surface area contributed by atoms with Crippen LogP contribution in [0.2, 0.25) is 0 Å². The van der Waals surface area contributed by atoms with Crippen molar-refractivity contribution in [2.45, 2.75) is 19.3 Å². The van der Waals surface area contributed by atoms with E-state index in [2.05, 4.69) is 9.88 Å². The zero-order valence-corrected chi connectivity index (χ0v) is 11.5. The molecule has 0 saturated heterocycles. The lowest BCUT2D eigenvalue weighted by molar-refractivity contribution is 0.0691. The van der Waals surface area contributed by atoms with Crippen LogP contribution in [0.15, 0.2) is 30.3 Å². The highest BCUT2D eigenvalue weighted by Gasteiger charge is 2.21. The zero-order valence-electron chi connectivity index (χ0n) is 11.5. The molecule has 4 heteroatoms. The normalized spacial score (nSPS) is 15.1. The van der Waals surface area contributed by atoms with Crippen molar-refractivity contribution in [1.29, 1.82) is 0 Å². The van der Waals surface area contributed by atoms with E-state index in [9.17, 15) is 9.90 Å². The Hall–Kier alpha value is -2.10. The first kappa shape index (κ1) is 12.9. The standard InChI is InChI=1S/C16H18N2O2/c1-18(10-11-5-4-6-11)15-13-8-3-2-7-12(13)9-14(17-15)16(19)20/h2-3,7-9,11H,4-6,10H2,1H3,(H,19,20). The highest BCUT2D eigenvalue weighted by Crippen LogP contribution is 2.30. The van der Waals surface area contributed by atoms with Crippen LogP contribution in [0.4, 0.5) is 5.82 Å². The van der Waals surface area contributed by atoms with Crippen LogP contribution in [-0.4, -0.2) is 29.7 Å². The van der Waals surface area contributed by atoms with Gasteiger partial charge in [-0.2, -0.15) is 0 Å². The Morgan fingerprint density at radius 2 is 2.15 bits per heavy atom. The predicted molar refractivity (Wildman–Crippen MR) is 79.3 cm³/mol. The lowest BCUT2D eigenvalue weighted by Gasteiger charge is -2.31. The van der Waals surface area contributed by atoms with Gasteiger partial charge in [0.1, 0.15) is 5.82 Å². The van der Waals surface area contributed by atoms with Crippen molar-refractivity contribution in [3.05, 3.63) is 36.0 Å². The molecular weight excluding hydrogens is 252 g/mol. The van der Waals surface area contributed by atoms with Gasteiger partial charge in [-0.25, -0.2) is 9.78 Å². The Balaban J connectivity index is 2.04. The maximum absolute atomic E-state index is 11.2. The van der Waals surface area contributed by atoms with Gasteiger partial charge < -0.3 is 10.0 Å².